The van der Waals surface area contributed by atoms with Gasteiger partial charge in [0, 0.05) is 27.5 Å². The number of rotatable bonds is 5. The highest BCUT2D eigenvalue weighted by atomic mass is 16.5. The largest absolute Gasteiger partial charge is 0.497 e. The number of ether oxygens (including phenoxy) is 3. The molecule has 0 saturated heterocycles. The number of methoxy groups -OCH3 is 1. The van der Waals surface area contributed by atoms with Crippen LogP contribution in [0.2, 0.25) is 0 Å². The van der Waals surface area contributed by atoms with E-state index in [1.165, 1.54) is 16.7 Å². The van der Waals surface area contributed by atoms with Crippen LogP contribution in [0.4, 0.5) is 0 Å². The molecule has 1 aliphatic heterocycles. The van der Waals surface area contributed by atoms with Crippen LogP contribution < -0.4 is 14.2 Å². The van der Waals surface area contributed by atoms with Crippen LogP contribution >= 0.6 is 0 Å². The molecule has 6 aromatic carbocycles. The van der Waals surface area contributed by atoms with Crippen LogP contribution in [-0.4, -0.2) is 7.11 Å². The minimum atomic E-state index is -0.912. The molecule has 0 fully saturated rings. The van der Waals surface area contributed by atoms with Gasteiger partial charge in [-0.3, -0.25) is 0 Å². The second kappa shape index (κ2) is 10.4. The Kier molecular flexibility index (Phi) is 6.27. The maximum absolute atomic E-state index is 9.72. The minimum absolute atomic E-state index is 0.337. The number of nitrogens with zero attached hydrogens (tertiary/aromatic N) is 1. The Balaban J connectivity index is 1.33. The van der Waals surface area contributed by atoms with E-state index in [2.05, 4.69) is 86.7 Å². The molecule has 0 spiro atoms. The molecule has 0 radical (unpaired) electrons. The standard InChI is InChI=1S/C42H31NO3/c1-41(2)37-25-27(26-43)13-22-35(37)38-33-11-7-8-12-34(33)40-36(39(38)41)23-24-42(46-40,28-14-18-30(44-3)19-15-28)29-16-20-32(21-17-29)45-31-9-5-4-6-10-31/h4-25H,1-3H3. The summed E-state index contributed by atoms with van der Waals surface area (Å²) in [5.41, 5.74) is 7.22. The zero-order valence-electron chi connectivity index (χ0n) is 25.9. The SMILES string of the molecule is COc1ccc(C2(c3ccc(Oc4ccccc4)cc3)C=Cc3c4c(c5ccccc5c3O2)-c2ccc(C#N)cc2C4(C)C)cc1. The van der Waals surface area contributed by atoms with E-state index in [9.17, 15) is 5.26 Å². The average molecular weight is 598 g/mol. The summed E-state index contributed by atoms with van der Waals surface area (Å²) >= 11 is 0. The first-order valence-corrected chi connectivity index (χ1v) is 15.4. The van der Waals surface area contributed by atoms with Gasteiger partial charge in [0.15, 0.2) is 5.60 Å². The maximum Gasteiger partial charge on any atom is 0.178 e. The molecule has 1 atom stereocenters. The Bertz CT molecular complexity index is 2210. The Morgan fingerprint density at radius 1 is 0.696 bits per heavy atom. The number of hydrogen-bond acceptors (Lipinski definition) is 4. The maximum atomic E-state index is 9.72. The first-order chi connectivity index (χ1) is 22.4. The third-order valence-corrected chi connectivity index (χ3v) is 9.45. The molecule has 0 saturated carbocycles. The van der Waals surface area contributed by atoms with Crippen molar-refractivity contribution in [1.82, 2.24) is 0 Å². The summed E-state index contributed by atoms with van der Waals surface area (Å²) < 4.78 is 19.0. The van der Waals surface area contributed by atoms with Crippen molar-refractivity contribution >= 4 is 16.8 Å². The predicted molar refractivity (Wildman–Crippen MR) is 183 cm³/mol. The zero-order valence-corrected chi connectivity index (χ0v) is 25.9. The van der Waals surface area contributed by atoms with Crippen LogP contribution in [0, 0.1) is 11.3 Å². The van der Waals surface area contributed by atoms with Crippen LogP contribution in [0.3, 0.4) is 0 Å². The molecule has 0 aromatic heterocycles. The number of nitriles is 1. The van der Waals surface area contributed by atoms with Crippen molar-refractivity contribution in [2.45, 2.75) is 24.9 Å². The fourth-order valence-corrected chi connectivity index (χ4v) is 7.22. The average Bonchev–Trinajstić information content (AvgIpc) is 3.35. The van der Waals surface area contributed by atoms with E-state index < -0.39 is 5.60 Å². The van der Waals surface area contributed by atoms with Crippen molar-refractivity contribution in [3.8, 4) is 40.2 Å². The molecule has 6 aromatic rings. The Morgan fingerprint density at radius 2 is 1.33 bits per heavy atom. The Labute approximate surface area is 268 Å². The molecule has 222 valence electrons. The summed E-state index contributed by atoms with van der Waals surface area (Å²) in [6, 6.07) is 42.9. The van der Waals surface area contributed by atoms with E-state index in [1.54, 1.807) is 7.11 Å². The summed E-state index contributed by atoms with van der Waals surface area (Å²) in [7, 11) is 1.68. The van der Waals surface area contributed by atoms with Crippen molar-refractivity contribution < 1.29 is 14.2 Å². The second-order valence-electron chi connectivity index (χ2n) is 12.4. The van der Waals surface area contributed by atoms with E-state index in [0.717, 1.165) is 56.0 Å². The zero-order chi connectivity index (χ0) is 31.5. The van der Waals surface area contributed by atoms with Gasteiger partial charge < -0.3 is 14.2 Å². The second-order valence-corrected chi connectivity index (χ2v) is 12.4. The van der Waals surface area contributed by atoms with Crippen molar-refractivity contribution in [2.24, 2.45) is 0 Å². The normalized spacial score (nSPS) is 16.9. The number of para-hydroxylation sites is 1. The van der Waals surface area contributed by atoms with Gasteiger partial charge in [-0.2, -0.15) is 5.26 Å². The molecule has 1 unspecified atom stereocenters. The molecular weight excluding hydrogens is 566 g/mol. The van der Waals surface area contributed by atoms with Crippen molar-refractivity contribution in [2.75, 3.05) is 7.11 Å². The third-order valence-electron chi connectivity index (χ3n) is 9.45. The van der Waals surface area contributed by atoms with Gasteiger partial charge in [-0.1, -0.05) is 92.7 Å². The summed E-state index contributed by atoms with van der Waals surface area (Å²) in [6.45, 7) is 4.50. The van der Waals surface area contributed by atoms with Gasteiger partial charge in [-0.05, 0) is 82.2 Å². The number of benzene rings is 6. The van der Waals surface area contributed by atoms with E-state index >= 15 is 0 Å². The van der Waals surface area contributed by atoms with Gasteiger partial charge in [0.25, 0.3) is 0 Å². The Hall–Kier alpha value is -5.79. The van der Waals surface area contributed by atoms with E-state index in [0.29, 0.717) is 5.56 Å². The Morgan fingerprint density at radius 3 is 2.00 bits per heavy atom. The van der Waals surface area contributed by atoms with E-state index in [-0.39, 0.29) is 5.41 Å². The highest BCUT2D eigenvalue weighted by Gasteiger charge is 2.44. The van der Waals surface area contributed by atoms with Crippen LogP contribution in [-0.2, 0) is 11.0 Å². The van der Waals surface area contributed by atoms with Gasteiger partial charge in [0.05, 0.1) is 18.7 Å². The first-order valence-electron chi connectivity index (χ1n) is 15.4. The molecule has 0 N–H and O–H groups in total. The molecule has 0 amide bonds. The summed E-state index contributed by atoms with van der Waals surface area (Å²) in [5.74, 6) is 3.16. The lowest BCUT2D eigenvalue weighted by Gasteiger charge is -2.38. The number of hydrogen-bond donors (Lipinski definition) is 0. The first kappa shape index (κ1) is 27.7. The minimum Gasteiger partial charge on any atom is -0.497 e. The lowest BCUT2D eigenvalue weighted by molar-refractivity contribution is 0.163. The predicted octanol–water partition coefficient (Wildman–Crippen LogP) is 10.2. The fraction of sp³-hybridized carbons (Fsp3) is 0.119. The highest BCUT2D eigenvalue weighted by molar-refractivity contribution is 6.08. The number of fused-ring (bicyclic) bond motifs is 8. The summed E-state index contributed by atoms with van der Waals surface area (Å²) in [5, 5.41) is 11.9. The van der Waals surface area contributed by atoms with Crippen LogP contribution in [0.1, 0.15) is 47.2 Å². The molecule has 2 aliphatic rings. The molecule has 0 bridgehead atoms. The summed E-state index contributed by atoms with van der Waals surface area (Å²) in [4.78, 5) is 0. The van der Waals surface area contributed by atoms with Crippen LogP contribution in [0.25, 0.3) is 28.0 Å². The fourth-order valence-electron chi connectivity index (χ4n) is 7.22. The van der Waals surface area contributed by atoms with Gasteiger partial charge in [-0.15, -0.1) is 0 Å². The third kappa shape index (κ3) is 4.13. The molecule has 8 rings (SSSR count). The highest BCUT2D eigenvalue weighted by Crippen LogP contribution is 2.58. The van der Waals surface area contributed by atoms with Gasteiger partial charge in [0.1, 0.15) is 23.0 Å². The van der Waals surface area contributed by atoms with Gasteiger partial charge in [0.2, 0.25) is 0 Å². The van der Waals surface area contributed by atoms with Gasteiger partial charge in [-0.25, -0.2) is 0 Å². The van der Waals surface area contributed by atoms with E-state index in [4.69, 9.17) is 14.2 Å². The van der Waals surface area contributed by atoms with Crippen molar-refractivity contribution in [3.63, 3.8) is 0 Å². The molecule has 1 aliphatic carbocycles. The molecule has 1 heterocycles. The molecular formula is C42H31NO3. The van der Waals surface area contributed by atoms with E-state index in [1.807, 2.05) is 66.7 Å². The molecule has 46 heavy (non-hydrogen) atoms. The lowest BCUT2D eigenvalue weighted by Crippen LogP contribution is -2.35. The van der Waals surface area contributed by atoms with Crippen molar-refractivity contribution in [1.29, 1.82) is 5.26 Å². The quantitative estimate of drug-likeness (QED) is 0.198. The summed E-state index contributed by atoms with van der Waals surface area (Å²) in [6.07, 6.45) is 4.42. The molecule has 4 nitrogen and oxygen atoms in total. The molecule has 4 heteroatoms. The van der Waals surface area contributed by atoms with Gasteiger partial charge >= 0.3 is 0 Å². The smallest absolute Gasteiger partial charge is 0.178 e. The lowest BCUT2D eigenvalue weighted by atomic mass is 9.76. The van der Waals surface area contributed by atoms with Crippen molar-refractivity contribution in [3.05, 3.63) is 161 Å². The monoisotopic (exact) mass is 597 g/mol. The topological polar surface area (TPSA) is 51.5 Å². The van der Waals surface area contributed by atoms with Crippen LogP contribution in [0.15, 0.2) is 127 Å². The van der Waals surface area contributed by atoms with Crippen LogP contribution in [0.5, 0.6) is 23.0 Å².